The van der Waals surface area contributed by atoms with Gasteiger partial charge < -0.3 is 31.1 Å². The molecule has 2 atom stereocenters. The van der Waals surface area contributed by atoms with E-state index in [1.54, 1.807) is 0 Å². The number of carbonyl (C=O) groups excluding carboxylic acids is 3. The molecule has 0 saturated heterocycles. The molecule has 0 aliphatic heterocycles. The van der Waals surface area contributed by atoms with Crippen LogP contribution < -0.4 is 21.5 Å². The SMILES string of the molecule is O=C(O)CC(C(=O)O)c1ccc(N/N=C2\C(=O)c3ccc(NC(=O)Nc4ccc5c(c4)C=C(S(=O)(=O)O)/C(=N/Nc4ccc(C(CC(=O)O)C(=O)O)cc4)C5=O)cc3C=C2S(=O)(=O)O)cc1. The van der Waals surface area contributed by atoms with Crippen LogP contribution in [0, 0.1) is 0 Å². The van der Waals surface area contributed by atoms with Crippen molar-refractivity contribution in [2.24, 2.45) is 10.2 Å². The van der Waals surface area contributed by atoms with Crippen molar-refractivity contribution in [3.63, 3.8) is 0 Å². The molecule has 4 aromatic carbocycles. The van der Waals surface area contributed by atoms with Crippen molar-refractivity contribution >= 4 is 108 Å². The monoisotopic (exact) mass is 944 g/mol. The molecule has 25 heteroatoms. The first kappa shape index (κ1) is 47.1. The fourth-order valence-corrected chi connectivity index (χ4v) is 7.91. The van der Waals surface area contributed by atoms with Gasteiger partial charge in [0.2, 0.25) is 11.6 Å². The maximum atomic E-state index is 13.5. The number of hydrazone groups is 2. The Balaban J connectivity index is 1.17. The number of nitrogens with zero attached hydrogens (tertiary/aromatic N) is 2. The number of aliphatic carboxylic acids is 4. The standard InChI is InChI=1S/C41H32N6O17S2/c48-33(49)17-29(39(54)55)19-1-5-23(6-2-19)44-46-35-31(65(59,60)61)15-21-13-25(9-11-27(21)37(35)52)42-41(58)43-26-10-12-28-22(14-26)16-32(66(62,63)64)36(38(28)53)47-45-24-7-3-20(4-8-24)30(40(56)57)18-34(50)51/h1-16,29-30,44-45H,17-18H2,(H,48,49)(H,50,51)(H,54,55)(H,56,57)(H2,42,43,58)(H,59,60,61)(H,62,63,64)/b46-35-,47-36-. The van der Waals surface area contributed by atoms with Crippen molar-refractivity contribution in [1.29, 1.82) is 0 Å². The van der Waals surface area contributed by atoms with Crippen molar-refractivity contribution < 1.29 is 79.9 Å². The van der Waals surface area contributed by atoms with E-state index in [0.717, 1.165) is 12.2 Å². The summed E-state index contributed by atoms with van der Waals surface area (Å²) < 4.78 is 69.7. The van der Waals surface area contributed by atoms with Crippen molar-refractivity contribution in [3.8, 4) is 0 Å². The number of benzene rings is 4. The molecule has 0 fully saturated rings. The maximum absolute atomic E-state index is 13.5. The van der Waals surface area contributed by atoms with Gasteiger partial charge in [0.25, 0.3) is 20.2 Å². The highest BCUT2D eigenvalue weighted by Crippen LogP contribution is 2.31. The van der Waals surface area contributed by atoms with Gasteiger partial charge in [-0.05, 0) is 95.1 Å². The number of Topliss-reactive ketones (excluding diaryl/α,β-unsaturated/α-hetero) is 2. The molecule has 10 N–H and O–H groups in total. The number of ketones is 2. The molecular weight excluding hydrogens is 913 g/mol. The summed E-state index contributed by atoms with van der Waals surface area (Å²) in [5, 5.41) is 49.5. The lowest BCUT2D eigenvalue weighted by atomic mass is 9.94. The Morgan fingerprint density at radius 1 is 0.515 bits per heavy atom. The molecule has 0 spiro atoms. The van der Waals surface area contributed by atoms with Gasteiger partial charge >= 0.3 is 29.9 Å². The lowest BCUT2D eigenvalue weighted by molar-refractivity contribution is -0.145. The highest BCUT2D eigenvalue weighted by atomic mass is 32.2. The molecule has 23 nitrogen and oxygen atoms in total. The van der Waals surface area contributed by atoms with Crippen molar-refractivity contribution in [2.75, 3.05) is 21.5 Å². The molecule has 2 amide bonds. The lowest BCUT2D eigenvalue weighted by Crippen LogP contribution is -2.27. The largest absolute Gasteiger partial charge is 0.481 e. The smallest absolute Gasteiger partial charge is 0.323 e. The van der Waals surface area contributed by atoms with Crippen LogP contribution in [0.3, 0.4) is 0 Å². The van der Waals surface area contributed by atoms with Crippen molar-refractivity contribution in [1.82, 2.24) is 0 Å². The van der Waals surface area contributed by atoms with Gasteiger partial charge in [-0.15, -0.1) is 0 Å². The Kier molecular flexibility index (Phi) is 13.4. The van der Waals surface area contributed by atoms with Gasteiger partial charge in [-0.1, -0.05) is 24.3 Å². The summed E-state index contributed by atoms with van der Waals surface area (Å²) in [6.07, 6.45) is 0.461. The number of carbonyl (C=O) groups is 7. The summed E-state index contributed by atoms with van der Waals surface area (Å²) >= 11 is 0. The predicted octanol–water partition coefficient (Wildman–Crippen LogP) is 4.40. The number of fused-ring (bicyclic) bond motifs is 2. The van der Waals surface area contributed by atoms with E-state index in [-0.39, 0.29) is 56.1 Å². The van der Waals surface area contributed by atoms with Gasteiger partial charge in [0.05, 0.1) is 36.1 Å². The number of nitrogens with one attached hydrogen (secondary N) is 4. The zero-order valence-electron chi connectivity index (χ0n) is 33.2. The van der Waals surface area contributed by atoms with E-state index < -0.39 is 108 Å². The third-order valence-corrected chi connectivity index (χ3v) is 11.4. The Morgan fingerprint density at radius 3 is 1.15 bits per heavy atom. The van der Waals surface area contributed by atoms with Gasteiger partial charge in [0.1, 0.15) is 9.81 Å². The first-order chi connectivity index (χ1) is 31.0. The fraction of sp³-hybridized carbons (Fsp3) is 0.0976. The van der Waals surface area contributed by atoms with Gasteiger partial charge in [-0.3, -0.25) is 48.7 Å². The summed E-state index contributed by atoms with van der Waals surface area (Å²) in [6, 6.07) is 16.9. The Labute approximate surface area is 371 Å². The highest BCUT2D eigenvalue weighted by molar-refractivity contribution is 7.91. The van der Waals surface area contributed by atoms with Crippen LogP contribution in [0.1, 0.15) is 67.6 Å². The minimum Gasteiger partial charge on any atom is -0.481 e. The Morgan fingerprint density at radius 2 is 0.848 bits per heavy atom. The maximum Gasteiger partial charge on any atom is 0.323 e. The average Bonchev–Trinajstić information content (AvgIpc) is 3.23. The van der Waals surface area contributed by atoms with Crippen molar-refractivity contribution in [2.45, 2.75) is 24.7 Å². The summed E-state index contributed by atoms with van der Waals surface area (Å²) in [4.78, 5) is 83.5. The topological polar surface area (TPSA) is 382 Å². The lowest BCUT2D eigenvalue weighted by Gasteiger charge is -2.18. The molecule has 0 radical (unpaired) electrons. The second kappa shape index (κ2) is 18.8. The van der Waals surface area contributed by atoms with Crippen LogP contribution in [0.2, 0.25) is 0 Å². The minimum atomic E-state index is -5.10. The quantitative estimate of drug-likeness (QED) is 0.0549. The average molecular weight is 945 g/mol. The van der Waals surface area contributed by atoms with Crippen LogP contribution >= 0.6 is 0 Å². The second-order valence-electron chi connectivity index (χ2n) is 14.2. The third kappa shape index (κ3) is 10.9. The van der Waals surface area contributed by atoms with E-state index in [1.165, 1.54) is 84.9 Å². The normalized spacial score (nSPS) is 15.6. The first-order valence-electron chi connectivity index (χ1n) is 18.6. The first-order valence-corrected chi connectivity index (χ1v) is 21.5. The zero-order valence-corrected chi connectivity index (χ0v) is 34.8. The van der Waals surface area contributed by atoms with E-state index in [9.17, 15) is 69.7 Å². The molecule has 66 heavy (non-hydrogen) atoms. The van der Waals surface area contributed by atoms with Gasteiger partial charge in [-0.2, -0.15) is 27.0 Å². The number of carboxylic acids is 4. The summed E-state index contributed by atoms with van der Waals surface area (Å²) in [7, 11) is -10.2. The van der Waals surface area contributed by atoms with E-state index >= 15 is 0 Å². The van der Waals surface area contributed by atoms with Crippen LogP contribution in [0.5, 0.6) is 0 Å². The third-order valence-electron chi connectivity index (χ3n) is 9.71. The van der Waals surface area contributed by atoms with Crippen LogP contribution in [0.25, 0.3) is 12.2 Å². The molecule has 4 aromatic rings. The van der Waals surface area contributed by atoms with Gasteiger partial charge in [0, 0.05) is 22.5 Å². The molecule has 2 aliphatic rings. The van der Waals surface area contributed by atoms with E-state index in [1.807, 2.05) is 0 Å². The Hall–Kier alpha value is -8.39. The summed E-state index contributed by atoms with van der Waals surface area (Å²) in [5.74, 6) is -10.1. The molecular formula is C41H32N6O17S2. The number of urea groups is 1. The van der Waals surface area contributed by atoms with E-state index in [0.29, 0.717) is 0 Å². The van der Waals surface area contributed by atoms with Crippen molar-refractivity contribution in [3.05, 3.63) is 128 Å². The number of amides is 2. The van der Waals surface area contributed by atoms with Gasteiger partial charge in [0.15, 0.2) is 11.4 Å². The van der Waals surface area contributed by atoms with Crippen LogP contribution in [-0.2, 0) is 39.4 Å². The molecule has 6 rings (SSSR count). The molecule has 340 valence electrons. The number of rotatable bonds is 16. The van der Waals surface area contributed by atoms with Crippen LogP contribution in [-0.4, -0.2) is 99.3 Å². The predicted molar refractivity (Wildman–Crippen MR) is 233 cm³/mol. The van der Waals surface area contributed by atoms with Crippen LogP contribution in [0.15, 0.2) is 105 Å². The van der Waals surface area contributed by atoms with Crippen LogP contribution in [0.4, 0.5) is 27.5 Å². The molecule has 0 saturated carbocycles. The van der Waals surface area contributed by atoms with E-state index in [4.69, 9.17) is 10.2 Å². The number of anilines is 4. The van der Waals surface area contributed by atoms with E-state index in [2.05, 4.69) is 31.7 Å². The second-order valence-corrected chi connectivity index (χ2v) is 17.0. The minimum absolute atomic E-state index is 0.0119. The number of hydrogen-bond acceptors (Lipinski definition) is 15. The fourth-order valence-electron chi connectivity index (χ4n) is 6.60. The molecule has 0 bridgehead atoms. The molecule has 0 heterocycles. The molecule has 2 unspecified atom stereocenters. The summed E-state index contributed by atoms with van der Waals surface area (Å²) in [5.41, 5.74) is 3.70. The molecule has 0 aromatic heterocycles. The summed E-state index contributed by atoms with van der Waals surface area (Å²) in [6.45, 7) is 0. The number of allylic oxidation sites excluding steroid dienone is 2. The molecule has 2 aliphatic carbocycles. The number of hydrogen-bond donors (Lipinski definition) is 10. The highest BCUT2D eigenvalue weighted by Gasteiger charge is 2.35. The van der Waals surface area contributed by atoms with Gasteiger partial charge in [-0.25, -0.2) is 4.79 Å². The number of carboxylic acid groups (broad SMARTS) is 4. The Bertz CT molecular complexity index is 2900. The zero-order chi connectivity index (χ0) is 48.2.